The second-order valence-corrected chi connectivity index (χ2v) is 9.61. The van der Waals surface area contributed by atoms with Gasteiger partial charge in [0.25, 0.3) is 11.5 Å². The average Bonchev–Trinajstić information content (AvgIpc) is 2.81. The van der Waals surface area contributed by atoms with Crippen LogP contribution in [-0.2, 0) is 9.84 Å². The zero-order valence-electron chi connectivity index (χ0n) is 18.2. The molecule has 1 aliphatic heterocycles. The van der Waals surface area contributed by atoms with Gasteiger partial charge in [0, 0.05) is 24.0 Å². The lowest BCUT2D eigenvalue weighted by Gasteiger charge is -2.22. The monoisotopic (exact) mass is 485 g/mol. The van der Waals surface area contributed by atoms with Crippen LogP contribution >= 0.6 is 0 Å². The number of hydrogen-bond acceptors (Lipinski definition) is 9. The van der Waals surface area contributed by atoms with Crippen LogP contribution in [0.3, 0.4) is 0 Å². The molecule has 5 N–H and O–H groups in total. The largest absolute Gasteiger partial charge is 0.474 e. The van der Waals surface area contributed by atoms with E-state index in [4.69, 9.17) is 9.84 Å². The van der Waals surface area contributed by atoms with Gasteiger partial charge in [0.2, 0.25) is 5.88 Å². The molecule has 1 amide bonds. The third-order valence-electron chi connectivity index (χ3n) is 5.21. The van der Waals surface area contributed by atoms with Gasteiger partial charge in [-0.25, -0.2) is 13.4 Å². The predicted molar refractivity (Wildman–Crippen MR) is 127 cm³/mol. The summed E-state index contributed by atoms with van der Waals surface area (Å²) >= 11 is 0. The SMILES string of the molecule is Cc1c(Nc2cc[nH]c(=O)c2C(=O)Nc2cccc(S(=O)(=O)CCO)c2)cnc2c1NCCO2. The highest BCUT2D eigenvalue weighted by molar-refractivity contribution is 7.91. The Labute approximate surface area is 195 Å². The Morgan fingerprint density at radius 3 is 2.88 bits per heavy atom. The quantitative estimate of drug-likeness (QED) is 0.335. The van der Waals surface area contributed by atoms with E-state index in [2.05, 4.69) is 25.9 Å². The molecule has 0 saturated heterocycles. The zero-order valence-corrected chi connectivity index (χ0v) is 19.0. The Morgan fingerprint density at radius 2 is 2.09 bits per heavy atom. The van der Waals surface area contributed by atoms with Crippen LogP contribution in [0.15, 0.2) is 52.4 Å². The molecule has 4 rings (SSSR count). The first kappa shape index (κ1) is 23.3. The molecular formula is C22H23N5O6S. The van der Waals surface area contributed by atoms with E-state index in [0.717, 1.165) is 11.3 Å². The molecule has 0 aliphatic carbocycles. The van der Waals surface area contributed by atoms with Crippen LogP contribution in [0.25, 0.3) is 0 Å². The summed E-state index contributed by atoms with van der Waals surface area (Å²) in [6.07, 6.45) is 2.96. The summed E-state index contributed by atoms with van der Waals surface area (Å²) in [5, 5.41) is 17.9. The van der Waals surface area contributed by atoms with E-state index in [0.29, 0.717) is 24.7 Å². The first-order chi connectivity index (χ1) is 16.3. The average molecular weight is 486 g/mol. The second kappa shape index (κ2) is 9.53. The Balaban J connectivity index is 1.63. The summed E-state index contributed by atoms with van der Waals surface area (Å²) in [4.78, 5) is 32.3. The lowest BCUT2D eigenvalue weighted by Crippen LogP contribution is -2.25. The molecule has 0 atom stereocenters. The maximum atomic E-state index is 13.0. The van der Waals surface area contributed by atoms with Crippen LogP contribution in [0, 0.1) is 6.92 Å². The number of ether oxygens (including phenoxy) is 1. The van der Waals surface area contributed by atoms with Gasteiger partial charge in [0.1, 0.15) is 17.9 Å². The second-order valence-electron chi connectivity index (χ2n) is 7.50. The number of amides is 1. The van der Waals surface area contributed by atoms with Gasteiger partial charge in [-0.15, -0.1) is 0 Å². The van der Waals surface area contributed by atoms with Crippen molar-refractivity contribution in [1.82, 2.24) is 9.97 Å². The number of fused-ring (bicyclic) bond motifs is 1. The van der Waals surface area contributed by atoms with Crippen LogP contribution in [0.4, 0.5) is 22.7 Å². The Morgan fingerprint density at radius 1 is 1.26 bits per heavy atom. The molecule has 0 spiro atoms. The number of nitrogens with one attached hydrogen (secondary N) is 4. The fourth-order valence-electron chi connectivity index (χ4n) is 3.50. The Kier molecular flexibility index (Phi) is 6.52. The lowest BCUT2D eigenvalue weighted by atomic mass is 10.1. The molecule has 0 bridgehead atoms. The Hall–Kier alpha value is -3.90. The number of aliphatic hydroxyl groups excluding tert-OH is 1. The number of pyridine rings is 2. The number of H-pyrrole nitrogens is 1. The molecule has 0 unspecified atom stereocenters. The zero-order chi connectivity index (χ0) is 24.3. The minimum absolute atomic E-state index is 0.0508. The molecule has 1 aliphatic rings. The summed E-state index contributed by atoms with van der Waals surface area (Å²) in [5.74, 6) is -0.689. The van der Waals surface area contributed by atoms with Gasteiger partial charge in [0.05, 0.1) is 34.8 Å². The highest BCUT2D eigenvalue weighted by Crippen LogP contribution is 2.34. The summed E-state index contributed by atoms with van der Waals surface area (Å²) in [6, 6.07) is 7.15. The first-order valence-corrected chi connectivity index (χ1v) is 12.1. The molecule has 2 aromatic heterocycles. The number of aromatic nitrogens is 2. The van der Waals surface area contributed by atoms with E-state index in [-0.39, 0.29) is 21.8 Å². The van der Waals surface area contributed by atoms with Crippen LogP contribution in [0.1, 0.15) is 15.9 Å². The van der Waals surface area contributed by atoms with E-state index in [9.17, 15) is 18.0 Å². The van der Waals surface area contributed by atoms with Crippen molar-refractivity contribution < 1.29 is 23.1 Å². The normalized spacial score (nSPS) is 12.8. The molecule has 3 heterocycles. The minimum atomic E-state index is -3.71. The highest BCUT2D eigenvalue weighted by Gasteiger charge is 2.21. The molecule has 3 aromatic rings. The molecule has 0 fully saturated rings. The molecule has 11 nitrogen and oxygen atoms in total. The number of carbonyl (C=O) groups is 1. The standard InChI is InChI=1S/C22H23N5O6S/c1-13-17(12-25-22-19(13)23-7-9-33-22)27-16-5-6-24-20(29)18(16)21(30)26-14-3-2-4-15(11-14)34(31,32)10-8-28/h2-6,11-12,23,28H,7-10H2,1H3,(H,26,30)(H2,24,27,29). The fraction of sp³-hybridized carbons (Fsp3) is 0.227. The van der Waals surface area contributed by atoms with Gasteiger partial charge >= 0.3 is 0 Å². The Bertz CT molecular complexity index is 1400. The van der Waals surface area contributed by atoms with Gasteiger partial charge in [-0.05, 0) is 31.2 Å². The van der Waals surface area contributed by atoms with E-state index in [1.54, 1.807) is 12.3 Å². The van der Waals surface area contributed by atoms with Gasteiger partial charge in [-0.1, -0.05) is 6.07 Å². The maximum absolute atomic E-state index is 13.0. The smallest absolute Gasteiger partial charge is 0.263 e. The number of aromatic amines is 1. The molecule has 34 heavy (non-hydrogen) atoms. The maximum Gasteiger partial charge on any atom is 0.263 e. The number of sulfone groups is 1. The number of benzene rings is 1. The fourth-order valence-corrected chi connectivity index (χ4v) is 4.57. The molecule has 1 aromatic carbocycles. The van der Waals surface area contributed by atoms with Crippen molar-refractivity contribution in [3.05, 3.63) is 64.2 Å². The number of nitrogens with zero attached hydrogens (tertiary/aromatic N) is 1. The van der Waals surface area contributed by atoms with E-state index >= 15 is 0 Å². The summed E-state index contributed by atoms with van der Waals surface area (Å²) in [6.45, 7) is 2.47. The van der Waals surface area contributed by atoms with Crippen LogP contribution in [0.5, 0.6) is 5.88 Å². The number of anilines is 4. The number of rotatable bonds is 7. The van der Waals surface area contributed by atoms with Crippen molar-refractivity contribution in [2.24, 2.45) is 0 Å². The van der Waals surface area contributed by atoms with Crippen molar-refractivity contribution in [3.63, 3.8) is 0 Å². The molecule has 12 heteroatoms. The third kappa shape index (κ3) is 4.72. The van der Waals surface area contributed by atoms with E-state index < -0.39 is 33.7 Å². The van der Waals surface area contributed by atoms with Gasteiger partial charge in [-0.3, -0.25) is 9.59 Å². The topological polar surface area (TPSA) is 163 Å². The lowest BCUT2D eigenvalue weighted by molar-refractivity contribution is 0.102. The van der Waals surface area contributed by atoms with Gasteiger partial charge < -0.3 is 30.8 Å². The molecular weight excluding hydrogens is 462 g/mol. The summed E-state index contributed by atoms with van der Waals surface area (Å²) in [7, 11) is -3.71. The van der Waals surface area contributed by atoms with Crippen molar-refractivity contribution in [3.8, 4) is 5.88 Å². The molecule has 178 valence electrons. The summed E-state index contributed by atoms with van der Waals surface area (Å²) in [5.41, 5.74) is 1.72. The summed E-state index contributed by atoms with van der Waals surface area (Å²) < 4.78 is 30.0. The molecule has 0 radical (unpaired) electrons. The highest BCUT2D eigenvalue weighted by atomic mass is 32.2. The number of aliphatic hydroxyl groups is 1. The van der Waals surface area contributed by atoms with Crippen LogP contribution in [0.2, 0.25) is 0 Å². The minimum Gasteiger partial charge on any atom is -0.474 e. The molecule has 0 saturated carbocycles. The first-order valence-electron chi connectivity index (χ1n) is 10.4. The number of hydrogen-bond donors (Lipinski definition) is 5. The van der Waals surface area contributed by atoms with Crippen molar-refractivity contribution in [2.75, 3.05) is 41.5 Å². The van der Waals surface area contributed by atoms with Crippen molar-refractivity contribution in [1.29, 1.82) is 0 Å². The third-order valence-corrected chi connectivity index (χ3v) is 6.91. The van der Waals surface area contributed by atoms with Gasteiger partial charge in [0.15, 0.2) is 9.84 Å². The van der Waals surface area contributed by atoms with Gasteiger partial charge in [-0.2, -0.15) is 0 Å². The number of carbonyl (C=O) groups excluding carboxylic acids is 1. The van der Waals surface area contributed by atoms with E-state index in [1.165, 1.54) is 30.5 Å². The van der Waals surface area contributed by atoms with Crippen LogP contribution in [-0.4, -0.2) is 54.9 Å². The van der Waals surface area contributed by atoms with E-state index in [1.807, 2.05) is 6.92 Å². The van der Waals surface area contributed by atoms with Crippen molar-refractivity contribution in [2.45, 2.75) is 11.8 Å². The van der Waals surface area contributed by atoms with Crippen molar-refractivity contribution >= 4 is 38.5 Å². The predicted octanol–water partition coefficient (Wildman–Crippen LogP) is 1.64. The van der Waals surface area contributed by atoms with Crippen LogP contribution < -0.4 is 26.2 Å².